The van der Waals surface area contributed by atoms with Crippen molar-refractivity contribution in [2.45, 2.75) is 0 Å². The molecule has 6 nitrogen and oxygen atoms in total. The Labute approximate surface area is 179 Å². The average Bonchev–Trinajstić information content (AvgIpc) is 3.19. The molecule has 2 aromatic carbocycles. The van der Waals surface area contributed by atoms with E-state index in [-0.39, 0.29) is 5.57 Å². The highest BCUT2D eigenvalue weighted by molar-refractivity contribution is 9.10. The van der Waals surface area contributed by atoms with E-state index in [1.165, 1.54) is 17.4 Å². The van der Waals surface area contributed by atoms with E-state index < -0.39 is 18.5 Å². The second kappa shape index (κ2) is 9.78. The fourth-order valence-electron chi connectivity index (χ4n) is 2.33. The first-order valence-corrected chi connectivity index (χ1v) is 10.1. The van der Waals surface area contributed by atoms with Crippen molar-refractivity contribution in [3.8, 4) is 17.3 Å². The molecule has 29 heavy (non-hydrogen) atoms. The van der Waals surface area contributed by atoms with E-state index in [0.29, 0.717) is 10.7 Å². The Hall–Kier alpha value is -3.28. The van der Waals surface area contributed by atoms with Gasteiger partial charge in [0, 0.05) is 15.4 Å². The molecule has 0 atom stereocenters. The first-order chi connectivity index (χ1) is 14.0. The van der Waals surface area contributed by atoms with Gasteiger partial charge in [-0.2, -0.15) is 5.26 Å². The van der Waals surface area contributed by atoms with Gasteiger partial charge in [-0.25, -0.2) is 9.78 Å². The van der Waals surface area contributed by atoms with Crippen molar-refractivity contribution in [1.82, 2.24) is 4.98 Å². The lowest BCUT2D eigenvalue weighted by Crippen LogP contribution is -2.21. The van der Waals surface area contributed by atoms with Gasteiger partial charge in [0.05, 0.1) is 5.69 Å². The summed E-state index contributed by atoms with van der Waals surface area (Å²) in [7, 11) is 0. The number of hydrogen-bond acceptors (Lipinski definition) is 6. The van der Waals surface area contributed by atoms with Crippen LogP contribution in [0.15, 0.2) is 70.0 Å². The highest BCUT2D eigenvalue weighted by Crippen LogP contribution is 2.26. The number of esters is 1. The lowest BCUT2D eigenvalue weighted by atomic mass is 10.1. The number of halogens is 1. The third-order valence-corrected chi connectivity index (χ3v) is 4.91. The molecule has 0 aliphatic carbocycles. The Bertz CT molecular complexity index is 1100. The Balaban J connectivity index is 1.57. The van der Waals surface area contributed by atoms with Crippen molar-refractivity contribution < 1.29 is 14.3 Å². The monoisotopic (exact) mass is 467 g/mol. The summed E-state index contributed by atoms with van der Waals surface area (Å²) in [6.45, 7) is -0.515. The molecule has 1 heterocycles. The maximum Gasteiger partial charge on any atom is 0.349 e. The molecular formula is C21H14BrN3O3S. The first kappa shape index (κ1) is 20.5. The van der Waals surface area contributed by atoms with Crippen LogP contribution in [0, 0.1) is 11.3 Å². The molecule has 1 N–H and O–H groups in total. The van der Waals surface area contributed by atoms with Crippen molar-refractivity contribution >= 4 is 50.4 Å². The molecule has 0 aliphatic rings. The summed E-state index contributed by atoms with van der Waals surface area (Å²) in [5.74, 6) is -1.40. The predicted octanol–water partition coefficient (Wildman–Crippen LogP) is 4.66. The third-order valence-electron chi connectivity index (χ3n) is 3.66. The number of anilines is 1. The number of nitrogens with one attached hydrogen (secondary N) is 1. The zero-order chi connectivity index (χ0) is 20.6. The van der Waals surface area contributed by atoms with Crippen molar-refractivity contribution in [3.63, 3.8) is 0 Å². The van der Waals surface area contributed by atoms with Crippen LogP contribution >= 0.6 is 27.3 Å². The summed E-state index contributed by atoms with van der Waals surface area (Å²) >= 11 is 4.67. The van der Waals surface area contributed by atoms with Crippen molar-refractivity contribution in [3.05, 3.63) is 75.6 Å². The quantitative estimate of drug-likeness (QED) is 0.323. The van der Waals surface area contributed by atoms with Crippen LogP contribution in [0.3, 0.4) is 0 Å². The van der Waals surface area contributed by atoms with Gasteiger partial charge in [-0.3, -0.25) is 10.1 Å². The molecule has 3 rings (SSSR count). The first-order valence-electron chi connectivity index (χ1n) is 8.40. The van der Waals surface area contributed by atoms with Gasteiger partial charge in [-0.15, -0.1) is 11.3 Å². The zero-order valence-corrected chi connectivity index (χ0v) is 17.4. The summed E-state index contributed by atoms with van der Waals surface area (Å²) in [5.41, 5.74) is 2.14. The zero-order valence-electron chi connectivity index (χ0n) is 15.0. The topological polar surface area (TPSA) is 92.1 Å². The molecule has 0 aliphatic heterocycles. The molecule has 0 saturated carbocycles. The SMILES string of the molecule is N#C/C(=C\c1ccccc1)C(=O)OCC(=O)Nc1nc(-c2cccc(Br)c2)cs1. The fourth-order valence-corrected chi connectivity index (χ4v) is 3.46. The number of aromatic nitrogens is 1. The molecule has 1 amide bonds. The number of ether oxygens (including phenoxy) is 1. The fraction of sp³-hybridized carbons (Fsp3) is 0.0476. The van der Waals surface area contributed by atoms with E-state index in [0.717, 1.165) is 15.7 Å². The van der Waals surface area contributed by atoms with Crippen LogP contribution < -0.4 is 5.32 Å². The predicted molar refractivity (Wildman–Crippen MR) is 115 cm³/mol. The molecule has 0 bridgehead atoms. The number of nitrogens with zero attached hydrogens (tertiary/aromatic N) is 2. The van der Waals surface area contributed by atoms with Gasteiger partial charge in [-0.1, -0.05) is 58.4 Å². The van der Waals surface area contributed by atoms with Gasteiger partial charge in [0.2, 0.25) is 0 Å². The number of nitriles is 1. The lowest BCUT2D eigenvalue weighted by molar-refractivity contribution is -0.142. The molecule has 3 aromatic rings. The lowest BCUT2D eigenvalue weighted by Gasteiger charge is -2.04. The average molecular weight is 468 g/mol. The number of hydrogen-bond donors (Lipinski definition) is 1. The summed E-state index contributed by atoms with van der Waals surface area (Å²) < 4.78 is 5.87. The van der Waals surface area contributed by atoms with Crippen LogP contribution in [0.5, 0.6) is 0 Å². The van der Waals surface area contributed by atoms with Crippen molar-refractivity contribution in [2.24, 2.45) is 0 Å². The van der Waals surface area contributed by atoms with Gasteiger partial charge in [0.25, 0.3) is 5.91 Å². The summed E-state index contributed by atoms with van der Waals surface area (Å²) in [5, 5.41) is 14.0. The number of rotatable bonds is 6. The van der Waals surface area contributed by atoms with Crippen LogP contribution in [0.25, 0.3) is 17.3 Å². The minimum atomic E-state index is -0.861. The smallest absolute Gasteiger partial charge is 0.349 e. The highest BCUT2D eigenvalue weighted by Gasteiger charge is 2.14. The molecule has 0 saturated heterocycles. The molecule has 0 fully saturated rings. The maximum absolute atomic E-state index is 12.1. The Kier molecular flexibility index (Phi) is 6.89. The molecule has 8 heteroatoms. The third kappa shape index (κ3) is 5.85. The normalized spacial score (nSPS) is 10.8. The standard InChI is InChI=1S/C21H14BrN3O3S/c22-17-8-4-7-15(10-17)18-13-29-21(24-18)25-19(26)12-28-20(27)16(11-23)9-14-5-2-1-3-6-14/h1-10,13H,12H2,(H,24,25,26)/b16-9+. The second-order valence-corrected chi connectivity index (χ2v) is 7.53. The van der Waals surface area contributed by atoms with Crippen LogP contribution in [-0.2, 0) is 14.3 Å². The Morgan fingerprint density at radius 1 is 1.21 bits per heavy atom. The van der Waals surface area contributed by atoms with E-state index in [9.17, 15) is 9.59 Å². The van der Waals surface area contributed by atoms with Gasteiger partial charge in [0.1, 0.15) is 11.6 Å². The highest BCUT2D eigenvalue weighted by atomic mass is 79.9. The molecule has 0 radical (unpaired) electrons. The number of carbonyl (C=O) groups excluding carboxylic acids is 2. The van der Waals surface area contributed by atoms with E-state index >= 15 is 0 Å². The Morgan fingerprint density at radius 3 is 2.72 bits per heavy atom. The molecule has 1 aromatic heterocycles. The number of amides is 1. The number of benzene rings is 2. The van der Waals surface area contributed by atoms with Crippen LogP contribution in [-0.4, -0.2) is 23.5 Å². The largest absolute Gasteiger partial charge is 0.451 e. The van der Waals surface area contributed by atoms with E-state index in [2.05, 4.69) is 26.2 Å². The van der Waals surface area contributed by atoms with Gasteiger partial charge in [0.15, 0.2) is 11.7 Å². The molecule has 144 valence electrons. The van der Waals surface area contributed by atoms with E-state index in [4.69, 9.17) is 10.00 Å². The molecule has 0 unspecified atom stereocenters. The minimum Gasteiger partial charge on any atom is -0.451 e. The van der Waals surface area contributed by atoms with Crippen LogP contribution in [0.1, 0.15) is 5.56 Å². The van der Waals surface area contributed by atoms with Crippen molar-refractivity contribution in [1.29, 1.82) is 5.26 Å². The van der Waals surface area contributed by atoms with E-state index in [1.54, 1.807) is 30.3 Å². The van der Waals surface area contributed by atoms with Crippen LogP contribution in [0.2, 0.25) is 0 Å². The summed E-state index contributed by atoms with van der Waals surface area (Å²) in [6, 6.07) is 18.3. The van der Waals surface area contributed by atoms with Crippen LogP contribution in [0.4, 0.5) is 5.13 Å². The van der Waals surface area contributed by atoms with Gasteiger partial charge >= 0.3 is 5.97 Å². The molecular weight excluding hydrogens is 454 g/mol. The number of carbonyl (C=O) groups is 2. The Morgan fingerprint density at radius 2 is 2.00 bits per heavy atom. The second-order valence-electron chi connectivity index (χ2n) is 5.75. The van der Waals surface area contributed by atoms with Crippen molar-refractivity contribution in [2.75, 3.05) is 11.9 Å². The minimum absolute atomic E-state index is 0.185. The maximum atomic E-state index is 12.1. The molecule has 0 spiro atoms. The summed E-state index contributed by atoms with van der Waals surface area (Å²) in [4.78, 5) is 28.5. The number of thiazole rings is 1. The summed E-state index contributed by atoms with van der Waals surface area (Å²) in [6.07, 6.45) is 1.41. The van der Waals surface area contributed by atoms with E-state index in [1.807, 2.05) is 35.7 Å². The van der Waals surface area contributed by atoms with Gasteiger partial charge < -0.3 is 4.74 Å². The van der Waals surface area contributed by atoms with Gasteiger partial charge in [-0.05, 0) is 23.8 Å².